The molecule has 2 saturated carbocycles. The SMILES string of the molecule is Cc1cc2c3c(c1)N(c1cccc4c1oc1ccccc14)c1cc(N4c5ccc(C(C)(C)C)cc5C5(C)CCCCC45C)ccc1B3c1ccc(N3c4ccccc4C4(C)CCCCC34C)cc1N2c1ccc2c(c1)sc1ccccc12. The van der Waals surface area contributed by atoms with Crippen LogP contribution in [-0.4, -0.2) is 17.8 Å². The number of anilines is 10. The minimum atomic E-state index is -0.124. The third-order valence-corrected chi connectivity index (χ3v) is 23.1. The Bertz CT molecular complexity index is 4560. The number of benzene rings is 9. The molecule has 0 N–H and O–H groups in total. The molecule has 4 unspecified atom stereocenters. The molecule has 6 heterocycles. The molecule has 4 aliphatic heterocycles. The van der Waals surface area contributed by atoms with Crippen molar-refractivity contribution in [1.82, 2.24) is 0 Å². The maximum atomic E-state index is 7.10. The predicted molar refractivity (Wildman–Crippen MR) is 350 cm³/mol. The van der Waals surface area contributed by atoms with Crippen LogP contribution in [0.4, 0.5) is 56.9 Å². The summed E-state index contributed by atoms with van der Waals surface area (Å²) in [5.41, 5.74) is 23.6. The number of fused-ring (bicyclic) bond motifs is 16. The molecule has 7 heteroatoms. The van der Waals surface area contributed by atoms with Gasteiger partial charge < -0.3 is 24.0 Å². The average Bonchev–Trinajstić information content (AvgIpc) is 1.80. The van der Waals surface area contributed by atoms with Crippen molar-refractivity contribution in [2.75, 3.05) is 19.6 Å². The molecule has 9 aromatic carbocycles. The summed E-state index contributed by atoms with van der Waals surface area (Å²) in [5, 5.41) is 4.90. The van der Waals surface area contributed by atoms with Crippen molar-refractivity contribution < 1.29 is 4.42 Å². The predicted octanol–water partition coefficient (Wildman–Crippen LogP) is 19.1. The molecule has 0 amide bonds. The first kappa shape index (κ1) is 48.9. The number of hydrogen-bond acceptors (Lipinski definition) is 6. The molecule has 17 rings (SSSR count). The van der Waals surface area contributed by atoms with E-state index < -0.39 is 0 Å². The molecule has 0 spiro atoms. The quantitative estimate of drug-likeness (QED) is 0.164. The number of nitrogens with zero attached hydrogens (tertiary/aromatic N) is 4. The van der Waals surface area contributed by atoms with E-state index in [1.54, 1.807) is 0 Å². The van der Waals surface area contributed by atoms with Crippen molar-refractivity contribution in [3.63, 3.8) is 0 Å². The molecule has 5 nitrogen and oxygen atoms in total. The van der Waals surface area contributed by atoms with E-state index in [1.807, 2.05) is 11.3 Å². The lowest BCUT2D eigenvalue weighted by Gasteiger charge is -2.51. The fourth-order valence-electron chi connectivity index (χ4n) is 17.4. The molecule has 0 saturated heterocycles. The molecule has 0 radical (unpaired) electrons. The Morgan fingerprint density at radius 1 is 0.451 bits per heavy atom. The van der Waals surface area contributed by atoms with Gasteiger partial charge in [-0.25, -0.2) is 0 Å². The third kappa shape index (κ3) is 6.31. The first-order chi connectivity index (χ1) is 39.7. The minimum absolute atomic E-state index is 0.0137. The maximum Gasteiger partial charge on any atom is 0.252 e. The number of para-hydroxylation sites is 3. The van der Waals surface area contributed by atoms with Crippen LogP contribution in [0.2, 0.25) is 0 Å². The van der Waals surface area contributed by atoms with E-state index in [1.165, 1.54) is 149 Å². The first-order valence-electron chi connectivity index (χ1n) is 30.4. The van der Waals surface area contributed by atoms with E-state index in [9.17, 15) is 0 Å². The highest BCUT2D eigenvalue weighted by molar-refractivity contribution is 7.25. The number of thiophene rings is 1. The van der Waals surface area contributed by atoms with Crippen molar-refractivity contribution in [2.45, 2.75) is 134 Å². The van der Waals surface area contributed by atoms with E-state index in [2.05, 4.69) is 251 Å². The number of hydrogen-bond donors (Lipinski definition) is 0. The zero-order chi connectivity index (χ0) is 55.4. The van der Waals surface area contributed by atoms with Crippen LogP contribution < -0.4 is 36.0 Å². The van der Waals surface area contributed by atoms with Gasteiger partial charge in [0, 0.05) is 93.0 Å². The molecule has 4 atom stereocenters. The van der Waals surface area contributed by atoms with Gasteiger partial charge in [0.2, 0.25) is 0 Å². The molecule has 11 aromatic rings. The summed E-state index contributed by atoms with van der Waals surface area (Å²) >= 11 is 1.90. The van der Waals surface area contributed by atoms with Gasteiger partial charge in [-0.05, 0) is 169 Å². The van der Waals surface area contributed by atoms with Crippen LogP contribution >= 0.6 is 11.3 Å². The van der Waals surface area contributed by atoms with Gasteiger partial charge >= 0.3 is 0 Å². The molecular formula is C75H69BN4OS. The van der Waals surface area contributed by atoms with Gasteiger partial charge in [-0.3, -0.25) is 0 Å². The second kappa shape index (κ2) is 16.7. The highest BCUT2D eigenvalue weighted by Gasteiger charge is 2.59. The second-order valence-corrected chi connectivity index (χ2v) is 28.2. The van der Waals surface area contributed by atoms with Crippen molar-refractivity contribution in [3.8, 4) is 0 Å². The van der Waals surface area contributed by atoms with Crippen LogP contribution in [0.15, 0.2) is 180 Å². The van der Waals surface area contributed by atoms with Crippen LogP contribution in [0, 0.1) is 6.92 Å². The van der Waals surface area contributed by atoms with Gasteiger partial charge in [-0.2, -0.15) is 0 Å². The molecule has 82 heavy (non-hydrogen) atoms. The Balaban J connectivity index is 0.943. The van der Waals surface area contributed by atoms with E-state index >= 15 is 0 Å². The summed E-state index contributed by atoms with van der Waals surface area (Å²) in [5.74, 6) is 0. The lowest BCUT2D eigenvalue weighted by Crippen LogP contribution is -2.61. The van der Waals surface area contributed by atoms with Gasteiger partial charge in [-0.1, -0.05) is 157 Å². The normalized spacial score (nSPS) is 23.3. The summed E-state index contributed by atoms with van der Waals surface area (Å²) in [6, 6.07) is 68.5. The number of furan rings is 1. The number of aryl methyl sites for hydroxylation is 1. The molecule has 0 bridgehead atoms. The second-order valence-electron chi connectivity index (χ2n) is 27.1. The topological polar surface area (TPSA) is 26.1 Å². The van der Waals surface area contributed by atoms with Crippen molar-refractivity contribution >= 4 is 133 Å². The highest BCUT2D eigenvalue weighted by atomic mass is 32.1. The van der Waals surface area contributed by atoms with Crippen LogP contribution in [0.25, 0.3) is 42.1 Å². The fourth-order valence-corrected chi connectivity index (χ4v) is 18.5. The summed E-state index contributed by atoms with van der Waals surface area (Å²) in [6.45, 7) is 19.6. The Labute approximate surface area is 486 Å². The van der Waals surface area contributed by atoms with Gasteiger partial charge in [0.15, 0.2) is 5.58 Å². The van der Waals surface area contributed by atoms with Gasteiger partial charge in [0.1, 0.15) is 5.58 Å². The van der Waals surface area contributed by atoms with E-state index in [-0.39, 0.29) is 34.0 Å². The molecular weight excluding hydrogens is 1020 g/mol. The van der Waals surface area contributed by atoms with Crippen LogP contribution in [0.3, 0.4) is 0 Å². The van der Waals surface area contributed by atoms with E-state index in [0.29, 0.717) is 0 Å². The zero-order valence-corrected chi connectivity index (χ0v) is 49.4. The third-order valence-electron chi connectivity index (χ3n) is 21.9. The van der Waals surface area contributed by atoms with Gasteiger partial charge in [0.05, 0.1) is 16.8 Å². The summed E-state index contributed by atoms with van der Waals surface area (Å²) in [4.78, 5) is 10.8. The fraction of sp³-hybridized carbons (Fsp3) is 0.280. The lowest BCUT2D eigenvalue weighted by molar-refractivity contribution is 0.195. The standard InChI is InChI=1S/C75H69BN4OS/c1-46-40-64-69-65(41-46)78(61-25-19-22-54-51-20-9-13-26-66(51)81-70(54)61)63-44-50(80-60-35-28-47(71(2,3)4)42-56(60)73(6)37-16-18-39-75(73,80)8)31-34-58(63)76(69)57-33-30-49(79-59-24-12-11-23-55(59)72(5)36-15-17-38-74(72,79)7)43-62(57)77(64)48-29-32-53-52-21-10-14-27-67(52)82-68(53)45-48/h9-14,19-35,40-45H,15-18,36-39H2,1-8H3. The molecule has 404 valence electrons. The largest absolute Gasteiger partial charge is 0.454 e. The zero-order valence-electron chi connectivity index (χ0n) is 48.6. The van der Waals surface area contributed by atoms with Crippen LogP contribution in [-0.2, 0) is 16.2 Å². The molecule has 6 aliphatic rings. The van der Waals surface area contributed by atoms with Crippen molar-refractivity contribution in [3.05, 3.63) is 198 Å². The Morgan fingerprint density at radius 2 is 1.02 bits per heavy atom. The number of rotatable bonds is 4. The van der Waals surface area contributed by atoms with Crippen molar-refractivity contribution in [1.29, 1.82) is 0 Å². The summed E-state index contributed by atoms with van der Waals surface area (Å²) in [7, 11) is 0. The molecule has 2 aromatic heterocycles. The highest BCUT2D eigenvalue weighted by Crippen LogP contribution is 2.63. The summed E-state index contributed by atoms with van der Waals surface area (Å²) < 4.78 is 9.72. The Hall–Kier alpha value is -7.74. The Kier molecular flexibility index (Phi) is 9.98. The van der Waals surface area contributed by atoms with Gasteiger partial charge in [0.25, 0.3) is 6.71 Å². The lowest BCUT2D eigenvalue weighted by atomic mass is 9.33. The minimum Gasteiger partial charge on any atom is -0.454 e. The molecule has 2 aliphatic carbocycles. The summed E-state index contributed by atoms with van der Waals surface area (Å²) in [6.07, 6.45) is 9.61. The first-order valence-corrected chi connectivity index (χ1v) is 31.2. The average molecular weight is 1090 g/mol. The monoisotopic (exact) mass is 1080 g/mol. The van der Waals surface area contributed by atoms with Crippen LogP contribution in [0.1, 0.15) is 122 Å². The smallest absolute Gasteiger partial charge is 0.252 e. The van der Waals surface area contributed by atoms with E-state index in [4.69, 9.17) is 4.42 Å². The molecule has 2 fully saturated rings. The van der Waals surface area contributed by atoms with Crippen molar-refractivity contribution in [2.24, 2.45) is 0 Å². The van der Waals surface area contributed by atoms with Gasteiger partial charge in [-0.15, -0.1) is 11.3 Å². The van der Waals surface area contributed by atoms with Crippen LogP contribution in [0.5, 0.6) is 0 Å². The Morgan fingerprint density at radius 3 is 1.76 bits per heavy atom. The van der Waals surface area contributed by atoms with E-state index in [0.717, 1.165) is 40.5 Å². The maximum absolute atomic E-state index is 7.10.